The van der Waals surface area contributed by atoms with Crippen LogP contribution >= 0.6 is 12.4 Å². The molecule has 0 aromatic carbocycles. The van der Waals surface area contributed by atoms with Crippen molar-refractivity contribution in [3.8, 4) is 0 Å². The third-order valence-electron chi connectivity index (χ3n) is 1.56. The first kappa shape index (κ1) is 8.25. The van der Waals surface area contributed by atoms with Crippen LogP contribution in [-0.4, -0.2) is 12.6 Å². The van der Waals surface area contributed by atoms with Crippen LogP contribution < -0.4 is 5.32 Å². The second-order valence-corrected chi connectivity index (χ2v) is 2.35. The average Bonchev–Trinajstić information content (AvgIpc) is 1.69. The molecular formula is C6H14ClN. The standard InChI is InChI=1S/C6H13N.ClH/c1-6-4-2-3-5-7-6;/h6-7H,2-5H2,1H3;1H/t6-;/m0./s1. The van der Waals surface area contributed by atoms with Gasteiger partial charge >= 0.3 is 0 Å². The summed E-state index contributed by atoms with van der Waals surface area (Å²) in [5.74, 6) is 0. The molecule has 2 heteroatoms. The van der Waals surface area contributed by atoms with Crippen LogP contribution in [0.2, 0.25) is 0 Å². The first-order valence-corrected chi connectivity index (χ1v) is 3.13. The van der Waals surface area contributed by atoms with Crippen LogP contribution in [0.1, 0.15) is 26.2 Å². The molecule has 0 aromatic heterocycles. The van der Waals surface area contributed by atoms with E-state index < -0.39 is 0 Å². The quantitative estimate of drug-likeness (QED) is 0.532. The van der Waals surface area contributed by atoms with Gasteiger partial charge in [-0.25, -0.2) is 0 Å². The first-order chi connectivity index (χ1) is 3.39. The number of rotatable bonds is 0. The highest BCUT2D eigenvalue weighted by Crippen LogP contribution is 2.04. The monoisotopic (exact) mass is 135 g/mol. The van der Waals surface area contributed by atoms with Crippen molar-refractivity contribution >= 4 is 12.4 Å². The Balaban J connectivity index is 0.000000490. The van der Waals surface area contributed by atoms with E-state index in [0.717, 1.165) is 6.04 Å². The van der Waals surface area contributed by atoms with Crippen molar-refractivity contribution in [3.05, 3.63) is 0 Å². The Labute approximate surface area is 57.3 Å². The first-order valence-electron chi connectivity index (χ1n) is 3.13. The summed E-state index contributed by atoms with van der Waals surface area (Å²) in [5, 5.41) is 3.38. The Morgan fingerprint density at radius 3 is 2.38 bits per heavy atom. The van der Waals surface area contributed by atoms with Gasteiger partial charge in [0.2, 0.25) is 0 Å². The lowest BCUT2D eigenvalue weighted by Crippen LogP contribution is -2.30. The van der Waals surface area contributed by atoms with Gasteiger partial charge in [0.25, 0.3) is 0 Å². The minimum absolute atomic E-state index is 0. The fourth-order valence-corrected chi connectivity index (χ4v) is 1.03. The van der Waals surface area contributed by atoms with E-state index >= 15 is 0 Å². The van der Waals surface area contributed by atoms with Gasteiger partial charge in [-0.15, -0.1) is 12.4 Å². The van der Waals surface area contributed by atoms with E-state index in [1.165, 1.54) is 25.8 Å². The third kappa shape index (κ3) is 2.53. The molecule has 1 rings (SSSR count). The van der Waals surface area contributed by atoms with E-state index in [0.29, 0.717) is 0 Å². The molecule has 8 heavy (non-hydrogen) atoms. The predicted octanol–water partition coefficient (Wildman–Crippen LogP) is 1.57. The SMILES string of the molecule is C[C@H]1CCCCN1.Cl. The van der Waals surface area contributed by atoms with E-state index in [1.54, 1.807) is 0 Å². The summed E-state index contributed by atoms with van der Waals surface area (Å²) in [4.78, 5) is 0. The molecule has 1 nitrogen and oxygen atoms in total. The molecule has 1 atom stereocenters. The van der Waals surface area contributed by atoms with Crippen LogP contribution in [-0.2, 0) is 0 Å². The van der Waals surface area contributed by atoms with Gasteiger partial charge in [-0.2, -0.15) is 0 Å². The largest absolute Gasteiger partial charge is 0.314 e. The van der Waals surface area contributed by atoms with Crippen LogP contribution in [0.5, 0.6) is 0 Å². The predicted molar refractivity (Wildman–Crippen MR) is 38.6 cm³/mol. The van der Waals surface area contributed by atoms with E-state index in [9.17, 15) is 0 Å². The highest BCUT2D eigenvalue weighted by atomic mass is 35.5. The van der Waals surface area contributed by atoms with E-state index in [-0.39, 0.29) is 12.4 Å². The maximum atomic E-state index is 3.38. The second kappa shape index (κ2) is 4.16. The molecule has 50 valence electrons. The fraction of sp³-hybridized carbons (Fsp3) is 1.00. The molecule has 0 aliphatic carbocycles. The smallest absolute Gasteiger partial charge is 0.00387 e. The zero-order valence-corrected chi connectivity index (χ0v) is 6.13. The van der Waals surface area contributed by atoms with Gasteiger partial charge in [0.1, 0.15) is 0 Å². The summed E-state index contributed by atoms with van der Waals surface area (Å²) in [6.07, 6.45) is 4.18. The molecule has 1 heterocycles. The Kier molecular flexibility index (Phi) is 4.29. The van der Waals surface area contributed by atoms with Crippen molar-refractivity contribution in [1.29, 1.82) is 0 Å². The van der Waals surface area contributed by atoms with Crippen LogP contribution in [0.15, 0.2) is 0 Å². The molecule has 0 amide bonds. The van der Waals surface area contributed by atoms with Gasteiger partial charge in [0, 0.05) is 6.04 Å². The summed E-state index contributed by atoms with van der Waals surface area (Å²) in [6, 6.07) is 0.786. The van der Waals surface area contributed by atoms with Crippen molar-refractivity contribution in [1.82, 2.24) is 5.32 Å². The number of hydrogen-bond donors (Lipinski definition) is 1. The van der Waals surface area contributed by atoms with Gasteiger partial charge in [0.15, 0.2) is 0 Å². The summed E-state index contributed by atoms with van der Waals surface area (Å²) >= 11 is 0. The van der Waals surface area contributed by atoms with Gasteiger partial charge in [-0.1, -0.05) is 6.42 Å². The molecule has 1 aliphatic rings. The van der Waals surface area contributed by atoms with Crippen molar-refractivity contribution in [2.75, 3.05) is 6.54 Å². The van der Waals surface area contributed by atoms with Crippen molar-refractivity contribution in [2.45, 2.75) is 32.2 Å². The molecule has 1 N–H and O–H groups in total. The Bertz CT molecular complexity index is 50.5. The Morgan fingerprint density at radius 1 is 1.38 bits per heavy atom. The van der Waals surface area contributed by atoms with Crippen molar-refractivity contribution in [3.63, 3.8) is 0 Å². The summed E-state index contributed by atoms with van der Waals surface area (Å²) in [5.41, 5.74) is 0. The summed E-state index contributed by atoms with van der Waals surface area (Å²) < 4.78 is 0. The van der Waals surface area contributed by atoms with Gasteiger partial charge in [0.05, 0.1) is 0 Å². The van der Waals surface area contributed by atoms with Crippen LogP contribution in [0, 0.1) is 0 Å². The van der Waals surface area contributed by atoms with E-state index in [2.05, 4.69) is 12.2 Å². The number of halogens is 1. The molecule has 1 fully saturated rings. The summed E-state index contributed by atoms with van der Waals surface area (Å²) in [6.45, 7) is 3.49. The van der Waals surface area contributed by atoms with Gasteiger partial charge in [-0.05, 0) is 26.3 Å². The normalized spacial score (nSPS) is 28.9. The molecule has 0 radical (unpaired) electrons. The maximum Gasteiger partial charge on any atom is 0.00387 e. The van der Waals surface area contributed by atoms with Crippen molar-refractivity contribution in [2.24, 2.45) is 0 Å². The maximum absolute atomic E-state index is 3.38. The number of nitrogens with one attached hydrogen (secondary N) is 1. The van der Waals surface area contributed by atoms with E-state index in [1.807, 2.05) is 0 Å². The zero-order valence-electron chi connectivity index (χ0n) is 5.31. The van der Waals surface area contributed by atoms with Gasteiger partial charge < -0.3 is 5.32 Å². The molecule has 0 unspecified atom stereocenters. The minimum atomic E-state index is 0. The zero-order chi connectivity index (χ0) is 5.11. The van der Waals surface area contributed by atoms with Gasteiger partial charge in [-0.3, -0.25) is 0 Å². The van der Waals surface area contributed by atoms with E-state index in [4.69, 9.17) is 0 Å². The minimum Gasteiger partial charge on any atom is -0.314 e. The molecule has 0 saturated carbocycles. The third-order valence-corrected chi connectivity index (χ3v) is 1.56. The highest BCUT2D eigenvalue weighted by Gasteiger charge is 2.04. The molecular weight excluding hydrogens is 122 g/mol. The highest BCUT2D eigenvalue weighted by molar-refractivity contribution is 5.85. The lowest BCUT2D eigenvalue weighted by Gasteiger charge is -2.18. The second-order valence-electron chi connectivity index (χ2n) is 2.35. The summed E-state index contributed by atoms with van der Waals surface area (Å²) in [7, 11) is 0. The fourth-order valence-electron chi connectivity index (χ4n) is 1.03. The molecule has 0 aromatic rings. The Morgan fingerprint density at radius 2 is 2.12 bits per heavy atom. The molecule has 1 saturated heterocycles. The van der Waals surface area contributed by atoms with Crippen LogP contribution in [0.4, 0.5) is 0 Å². The molecule has 0 spiro atoms. The van der Waals surface area contributed by atoms with Crippen LogP contribution in [0.25, 0.3) is 0 Å². The molecule has 1 aliphatic heterocycles. The lowest BCUT2D eigenvalue weighted by molar-refractivity contribution is 0.425. The van der Waals surface area contributed by atoms with Crippen molar-refractivity contribution < 1.29 is 0 Å². The Hall–Kier alpha value is 0.250. The molecule has 0 bridgehead atoms. The van der Waals surface area contributed by atoms with Crippen LogP contribution in [0.3, 0.4) is 0 Å². The number of piperidine rings is 1. The lowest BCUT2D eigenvalue weighted by atomic mass is 10.1. The topological polar surface area (TPSA) is 12.0 Å². The average molecular weight is 136 g/mol. The number of hydrogen-bond acceptors (Lipinski definition) is 1.